The van der Waals surface area contributed by atoms with Crippen LogP contribution in [-0.4, -0.2) is 50.8 Å². The number of anilines is 1. The lowest BCUT2D eigenvalue weighted by Crippen LogP contribution is -2.37. The lowest BCUT2D eigenvalue weighted by Gasteiger charge is -2.29. The Hall–Kier alpha value is -1.75. The van der Waals surface area contributed by atoms with Crippen molar-refractivity contribution in [2.45, 2.75) is 26.8 Å². The van der Waals surface area contributed by atoms with Crippen LogP contribution in [0.4, 0.5) is 10.5 Å². The zero-order valence-corrected chi connectivity index (χ0v) is 14.5. The van der Waals surface area contributed by atoms with Gasteiger partial charge < -0.3 is 19.9 Å². The molecule has 1 aliphatic rings. The number of urea groups is 1. The van der Waals surface area contributed by atoms with Gasteiger partial charge in [-0.2, -0.15) is 0 Å². The summed E-state index contributed by atoms with van der Waals surface area (Å²) in [7, 11) is 1.83. The second kappa shape index (κ2) is 8.77. The Labute approximate surface area is 139 Å². The van der Waals surface area contributed by atoms with E-state index in [-0.39, 0.29) is 6.03 Å². The zero-order valence-electron chi connectivity index (χ0n) is 14.5. The summed E-state index contributed by atoms with van der Waals surface area (Å²) in [5.41, 5.74) is 2.37. The molecule has 0 unspecified atom stereocenters. The molecule has 0 spiro atoms. The third-order valence-electron chi connectivity index (χ3n) is 4.08. The van der Waals surface area contributed by atoms with Crippen LogP contribution in [0.1, 0.15) is 25.8 Å². The van der Waals surface area contributed by atoms with E-state index >= 15 is 0 Å². The van der Waals surface area contributed by atoms with E-state index in [1.807, 2.05) is 7.05 Å². The highest BCUT2D eigenvalue weighted by Gasteiger charge is 2.12. The van der Waals surface area contributed by atoms with Crippen molar-refractivity contribution in [1.29, 1.82) is 0 Å². The van der Waals surface area contributed by atoms with Crippen LogP contribution in [0.25, 0.3) is 0 Å². The van der Waals surface area contributed by atoms with Crippen LogP contribution in [0.2, 0.25) is 0 Å². The minimum absolute atomic E-state index is 0.0112. The number of benzene rings is 1. The Morgan fingerprint density at radius 2 is 1.91 bits per heavy atom. The van der Waals surface area contributed by atoms with Gasteiger partial charge in [-0.05, 0) is 30.0 Å². The van der Waals surface area contributed by atoms with Crippen molar-refractivity contribution in [3.63, 3.8) is 0 Å². The molecule has 1 saturated heterocycles. The molecule has 1 heterocycles. The average molecular weight is 319 g/mol. The predicted molar refractivity (Wildman–Crippen MR) is 93.8 cm³/mol. The summed E-state index contributed by atoms with van der Waals surface area (Å²) in [6, 6.07) is 8.45. The van der Waals surface area contributed by atoms with Crippen LogP contribution >= 0.6 is 0 Å². The highest BCUT2D eigenvalue weighted by molar-refractivity contribution is 5.73. The van der Waals surface area contributed by atoms with Crippen molar-refractivity contribution in [3.8, 4) is 0 Å². The van der Waals surface area contributed by atoms with Crippen LogP contribution in [0.5, 0.6) is 0 Å². The van der Waals surface area contributed by atoms with Crippen molar-refractivity contribution in [2.75, 3.05) is 44.8 Å². The smallest absolute Gasteiger partial charge is 0.317 e. The van der Waals surface area contributed by atoms with Gasteiger partial charge in [-0.3, -0.25) is 0 Å². The maximum Gasteiger partial charge on any atom is 0.317 e. The van der Waals surface area contributed by atoms with E-state index in [1.54, 1.807) is 4.90 Å². The molecule has 2 rings (SSSR count). The van der Waals surface area contributed by atoms with Gasteiger partial charge in [0.2, 0.25) is 0 Å². The summed E-state index contributed by atoms with van der Waals surface area (Å²) in [5, 5.41) is 2.96. The first-order chi connectivity index (χ1) is 11.1. The SMILES string of the molecule is CC(C)CCNC(=O)N(C)Cc1ccc(N2CCOCC2)cc1. The minimum Gasteiger partial charge on any atom is -0.378 e. The molecule has 1 aromatic carbocycles. The van der Waals surface area contributed by atoms with Crippen LogP contribution in [0.15, 0.2) is 24.3 Å². The van der Waals surface area contributed by atoms with Gasteiger partial charge >= 0.3 is 6.03 Å². The maximum atomic E-state index is 12.0. The summed E-state index contributed by atoms with van der Waals surface area (Å²) in [5.74, 6) is 0.605. The van der Waals surface area contributed by atoms with Crippen molar-refractivity contribution >= 4 is 11.7 Å². The summed E-state index contributed by atoms with van der Waals surface area (Å²) in [4.78, 5) is 16.1. The molecule has 0 aliphatic carbocycles. The minimum atomic E-state index is -0.0112. The fourth-order valence-electron chi connectivity index (χ4n) is 2.58. The third kappa shape index (κ3) is 5.75. The Morgan fingerprint density at radius 3 is 2.52 bits per heavy atom. The van der Waals surface area contributed by atoms with Gasteiger partial charge in [-0.15, -0.1) is 0 Å². The van der Waals surface area contributed by atoms with Crippen molar-refractivity contribution in [3.05, 3.63) is 29.8 Å². The maximum absolute atomic E-state index is 12.0. The molecule has 1 aliphatic heterocycles. The molecule has 5 nitrogen and oxygen atoms in total. The molecule has 0 radical (unpaired) electrons. The summed E-state index contributed by atoms with van der Waals surface area (Å²) < 4.78 is 5.38. The van der Waals surface area contributed by atoms with E-state index in [0.29, 0.717) is 12.5 Å². The van der Waals surface area contributed by atoms with Crippen molar-refractivity contribution in [2.24, 2.45) is 5.92 Å². The van der Waals surface area contributed by atoms with Gasteiger partial charge in [0.05, 0.1) is 13.2 Å². The molecule has 0 atom stereocenters. The number of carbonyl (C=O) groups excluding carboxylic acids is 1. The molecule has 0 aromatic heterocycles. The fourth-order valence-corrected chi connectivity index (χ4v) is 2.58. The Morgan fingerprint density at radius 1 is 1.26 bits per heavy atom. The van der Waals surface area contributed by atoms with Crippen molar-refractivity contribution in [1.82, 2.24) is 10.2 Å². The molecular weight excluding hydrogens is 290 g/mol. The first-order valence-corrected chi connectivity index (χ1v) is 8.47. The summed E-state index contributed by atoms with van der Waals surface area (Å²) in [6.07, 6.45) is 1.01. The lowest BCUT2D eigenvalue weighted by atomic mass is 10.1. The van der Waals surface area contributed by atoms with E-state index in [0.717, 1.165) is 44.8 Å². The van der Waals surface area contributed by atoms with Gasteiger partial charge in [0, 0.05) is 38.9 Å². The largest absolute Gasteiger partial charge is 0.378 e. The van der Waals surface area contributed by atoms with Crippen LogP contribution in [0, 0.1) is 5.92 Å². The molecule has 0 bridgehead atoms. The van der Waals surface area contributed by atoms with Crippen LogP contribution in [0.3, 0.4) is 0 Å². The van der Waals surface area contributed by atoms with Crippen molar-refractivity contribution < 1.29 is 9.53 Å². The van der Waals surface area contributed by atoms with Gasteiger partial charge in [0.15, 0.2) is 0 Å². The number of hydrogen-bond donors (Lipinski definition) is 1. The number of nitrogens with one attached hydrogen (secondary N) is 1. The Bertz CT molecular complexity index is 482. The number of morpholine rings is 1. The Kier molecular flexibility index (Phi) is 6.71. The van der Waals surface area contributed by atoms with Crippen LogP contribution in [-0.2, 0) is 11.3 Å². The number of nitrogens with zero attached hydrogens (tertiary/aromatic N) is 2. The molecule has 2 amide bonds. The molecule has 1 fully saturated rings. The predicted octanol–water partition coefficient (Wildman–Crippen LogP) is 2.71. The van der Waals surface area contributed by atoms with E-state index in [2.05, 4.69) is 48.3 Å². The molecule has 5 heteroatoms. The van der Waals surface area contributed by atoms with Gasteiger partial charge in [0.25, 0.3) is 0 Å². The summed E-state index contributed by atoms with van der Waals surface area (Å²) in [6.45, 7) is 9.14. The highest BCUT2D eigenvalue weighted by Crippen LogP contribution is 2.17. The molecule has 1 N–H and O–H groups in total. The van der Waals surface area contributed by atoms with Gasteiger partial charge in [-0.25, -0.2) is 4.79 Å². The molecular formula is C18H29N3O2. The fraction of sp³-hybridized carbons (Fsp3) is 0.611. The quantitative estimate of drug-likeness (QED) is 0.877. The molecule has 23 heavy (non-hydrogen) atoms. The number of ether oxygens (including phenoxy) is 1. The number of carbonyl (C=O) groups is 1. The van der Waals surface area contributed by atoms with Gasteiger partial charge in [-0.1, -0.05) is 26.0 Å². The number of amides is 2. The monoisotopic (exact) mass is 319 g/mol. The first-order valence-electron chi connectivity index (χ1n) is 8.47. The molecule has 128 valence electrons. The highest BCUT2D eigenvalue weighted by atomic mass is 16.5. The van der Waals surface area contributed by atoms with E-state index in [4.69, 9.17) is 4.74 Å². The van der Waals surface area contributed by atoms with Gasteiger partial charge in [0.1, 0.15) is 0 Å². The second-order valence-corrected chi connectivity index (χ2v) is 6.54. The van der Waals surface area contributed by atoms with E-state index in [9.17, 15) is 4.79 Å². The topological polar surface area (TPSA) is 44.8 Å². The summed E-state index contributed by atoms with van der Waals surface area (Å²) >= 11 is 0. The van der Waals surface area contributed by atoms with Crippen LogP contribution < -0.4 is 10.2 Å². The van der Waals surface area contributed by atoms with E-state index < -0.39 is 0 Å². The average Bonchev–Trinajstić information content (AvgIpc) is 2.56. The normalized spacial score (nSPS) is 14.9. The Balaban J connectivity index is 1.81. The number of hydrogen-bond acceptors (Lipinski definition) is 3. The standard InChI is InChI=1S/C18H29N3O2/c1-15(2)8-9-19-18(22)20(3)14-16-4-6-17(7-5-16)21-10-12-23-13-11-21/h4-7,15H,8-14H2,1-3H3,(H,19,22). The lowest BCUT2D eigenvalue weighted by molar-refractivity contribution is 0.122. The van der Waals surface area contributed by atoms with E-state index in [1.165, 1.54) is 5.69 Å². The third-order valence-corrected chi connectivity index (χ3v) is 4.08. The molecule has 1 aromatic rings. The first kappa shape index (κ1) is 17.6. The second-order valence-electron chi connectivity index (χ2n) is 6.54. The number of rotatable bonds is 6. The zero-order chi connectivity index (χ0) is 16.7. The molecule has 0 saturated carbocycles.